The number of hydrogen-bond donors (Lipinski definition) is 1. The summed E-state index contributed by atoms with van der Waals surface area (Å²) < 4.78 is 12.8. The molecule has 2 aromatic rings. The second-order valence-corrected chi connectivity index (χ2v) is 5.27. The minimum absolute atomic E-state index is 0.241. The lowest BCUT2D eigenvalue weighted by molar-refractivity contribution is 0.102. The van der Waals surface area contributed by atoms with Gasteiger partial charge in [0.1, 0.15) is 17.3 Å². The molecule has 1 saturated heterocycles. The van der Waals surface area contributed by atoms with Gasteiger partial charge in [0.2, 0.25) is 0 Å². The number of aromatic nitrogens is 2. The van der Waals surface area contributed by atoms with Gasteiger partial charge < -0.3 is 10.2 Å². The zero-order valence-corrected chi connectivity index (χ0v) is 12.1. The Kier molecular flexibility index (Phi) is 4.27. The lowest BCUT2D eigenvalue weighted by Crippen LogP contribution is -2.30. The Hall–Kier alpha value is -2.50. The first-order chi connectivity index (χ1) is 10.7. The van der Waals surface area contributed by atoms with Crippen LogP contribution in [0.15, 0.2) is 36.7 Å². The SMILES string of the molecule is O=C(Nc1ccc(F)cc1)c1cnc(N2CCCCC2)cn1. The predicted molar refractivity (Wildman–Crippen MR) is 82.4 cm³/mol. The van der Waals surface area contributed by atoms with Crippen molar-refractivity contribution in [1.82, 2.24) is 9.97 Å². The molecule has 1 aromatic heterocycles. The Balaban J connectivity index is 1.66. The van der Waals surface area contributed by atoms with Crippen molar-refractivity contribution in [2.75, 3.05) is 23.3 Å². The molecule has 1 aliphatic rings. The highest BCUT2D eigenvalue weighted by molar-refractivity contribution is 6.02. The maximum Gasteiger partial charge on any atom is 0.275 e. The van der Waals surface area contributed by atoms with Crippen LogP contribution < -0.4 is 10.2 Å². The summed E-state index contributed by atoms with van der Waals surface area (Å²) in [7, 11) is 0. The average molecular weight is 300 g/mol. The first-order valence-electron chi connectivity index (χ1n) is 7.36. The minimum Gasteiger partial charge on any atom is -0.355 e. The Labute approximate surface area is 128 Å². The van der Waals surface area contributed by atoms with E-state index in [0.29, 0.717) is 5.69 Å². The molecule has 1 aromatic carbocycles. The van der Waals surface area contributed by atoms with Crippen LogP contribution in [0.5, 0.6) is 0 Å². The fraction of sp³-hybridized carbons (Fsp3) is 0.312. The smallest absolute Gasteiger partial charge is 0.275 e. The number of nitrogens with one attached hydrogen (secondary N) is 1. The van der Waals surface area contributed by atoms with Crippen LogP contribution in [-0.2, 0) is 0 Å². The van der Waals surface area contributed by atoms with Crippen LogP contribution in [0.3, 0.4) is 0 Å². The highest BCUT2D eigenvalue weighted by Crippen LogP contribution is 2.16. The predicted octanol–water partition coefficient (Wildman–Crippen LogP) is 2.86. The van der Waals surface area contributed by atoms with Crippen molar-refractivity contribution < 1.29 is 9.18 Å². The van der Waals surface area contributed by atoms with Crippen LogP contribution in [0.1, 0.15) is 29.8 Å². The molecule has 1 aliphatic heterocycles. The molecule has 0 saturated carbocycles. The molecule has 22 heavy (non-hydrogen) atoms. The number of benzene rings is 1. The van der Waals surface area contributed by atoms with Gasteiger partial charge in [-0.3, -0.25) is 4.79 Å². The number of carbonyl (C=O) groups is 1. The molecule has 1 amide bonds. The van der Waals surface area contributed by atoms with Crippen LogP contribution in [0.4, 0.5) is 15.9 Å². The summed E-state index contributed by atoms with van der Waals surface area (Å²) in [6, 6.07) is 5.59. The third-order valence-electron chi connectivity index (χ3n) is 3.65. The number of rotatable bonds is 3. The monoisotopic (exact) mass is 300 g/mol. The second kappa shape index (κ2) is 6.51. The molecule has 0 bridgehead atoms. The molecule has 0 spiro atoms. The van der Waals surface area contributed by atoms with Gasteiger partial charge in [-0.15, -0.1) is 0 Å². The van der Waals surface area contributed by atoms with Crippen molar-refractivity contribution in [2.45, 2.75) is 19.3 Å². The first-order valence-corrected chi connectivity index (χ1v) is 7.36. The van der Waals surface area contributed by atoms with Gasteiger partial charge in [0.25, 0.3) is 5.91 Å². The molecular formula is C16H17FN4O. The minimum atomic E-state index is -0.357. The number of anilines is 2. The van der Waals surface area contributed by atoms with Crippen molar-refractivity contribution in [3.05, 3.63) is 48.2 Å². The van der Waals surface area contributed by atoms with Gasteiger partial charge in [0, 0.05) is 18.8 Å². The summed E-state index contributed by atoms with van der Waals surface area (Å²) in [6.07, 6.45) is 6.68. The van der Waals surface area contributed by atoms with E-state index in [1.54, 1.807) is 6.20 Å². The molecule has 0 aliphatic carbocycles. The molecule has 114 valence electrons. The fourth-order valence-corrected chi connectivity index (χ4v) is 2.45. The maximum atomic E-state index is 12.8. The Bertz CT molecular complexity index is 636. The third-order valence-corrected chi connectivity index (χ3v) is 3.65. The maximum absolute atomic E-state index is 12.8. The summed E-state index contributed by atoms with van der Waals surface area (Å²) >= 11 is 0. The van der Waals surface area contributed by atoms with E-state index in [1.807, 2.05) is 0 Å². The molecule has 6 heteroatoms. The number of halogens is 1. The van der Waals surface area contributed by atoms with Crippen molar-refractivity contribution in [2.24, 2.45) is 0 Å². The quantitative estimate of drug-likeness (QED) is 0.947. The number of hydrogen-bond acceptors (Lipinski definition) is 4. The molecule has 0 unspecified atom stereocenters. The van der Waals surface area contributed by atoms with Crippen molar-refractivity contribution in [3.63, 3.8) is 0 Å². The van der Waals surface area contributed by atoms with E-state index in [1.165, 1.54) is 36.9 Å². The first kappa shape index (κ1) is 14.4. The molecular weight excluding hydrogens is 283 g/mol. The lowest BCUT2D eigenvalue weighted by Gasteiger charge is -2.27. The highest BCUT2D eigenvalue weighted by atomic mass is 19.1. The van der Waals surface area contributed by atoms with Crippen molar-refractivity contribution >= 4 is 17.4 Å². The van der Waals surface area contributed by atoms with E-state index in [2.05, 4.69) is 20.2 Å². The molecule has 0 atom stereocenters. The molecule has 5 nitrogen and oxygen atoms in total. The van der Waals surface area contributed by atoms with E-state index in [4.69, 9.17) is 0 Å². The topological polar surface area (TPSA) is 58.1 Å². The number of nitrogens with zero attached hydrogens (tertiary/aromatic N) is 3. The molecule has 2 heterocycles. The zero-order valence-electron chi connectivity index (χ0n) is 12.1. The standard InChI is InChI=1S/C16H17FN4O/c17-12-4-6-13(7-5-12)20-16(22)14-10-19-15(11-18-14)21-8-2-1-3-9-21/h4-7,10-11H,1-3,8-9H2,(H,20,22). The normalized spacial score (nSPS) is 14.7. The fourth-order valence-electron chi connectivity index (χ4n) is 2.45. The molecule has 0 radical (unpaired) electrons. The summed E-state index contributed by atoms with van der Waals surface area (Å²) in [5, 5.41) is 2.66. The summed E-state index contributed by atoms with van der Waals surface area (Å²) in [4.78, 5) is 22.7. The number of piperidine rings is 1. The zero-order chi connectivity index (χ0) is 15.4. The Morgan fingerprint density at radius 3 is 2.41 bits per heavy atom. The summed E-state index contributed by atoms with van der Waals surface area (Å²) in [5.74, 6) is 0.103. The van der Waals surface area contributed by atoms with Gasteiger partial charge in [-0.05, 0) is 43.5 Å². The van der Waals surface area contributed by atoms with Crippen molar-refractivity contribution in [1.29, 1.82) is 0 Å². The lowest BCUT2D eigenvalue weighted by atomic mass is 10.1. The van der Waals surface area contributed by atoms with Gasteiger partial charge in [0.15, 0.2) is 0 Å². The van der Waals surface area contributed by atoms with Crippen molar-refractivity contribution in [3.8, 4) is 0 Å². The number of carbonyl (C=O) groups excluding carboxylic acids is 1. The number of amides is 1. The van der Waals surface area contributed by atoms with Crippen LogP contribution in [0.2, 0.25) is 0 Å². The average Bonchev–Trinajstić information content (AvgIpc) is 2.58. The highest BCUT2D eigenvalue weighted by Gasteiger charge is 2.14. The van der Waals surface area contributed by atoms with E-state index >= 15 is 0 Å². The largest absolute Gasteiger partial charge is 0.355 e. The summed E-state index contributed by atoms with van der Waals surface area (Å²) in [6.45, 7) is 1.96. The van der Waals surface area contributed by atoms with E-state index in [0.717, 1.165) is 31.7 Å². The van der Waals surface area contributed by atoms with Crippen LogP contribution >= 0.6 is 0 Å². The third kappa shape index (κ3) is 3.39. The van der Waals surface area contributed by atoms with Gasteiger partial charge in [-0.2, -0.15) is 0 Å². The molecule has 3 rings (SSSR count). The van der Waals surface area contributed by atoms with E-state index in [9.17, 15) is 9.18 Å². The van der Waals surface area contributed by atoms with Crippen LogP contribution in [0.25, 0.3) is 0 Å². The Morgan fingerprint density at radius 1 is 1.05 bits per heavy atom. The molecule has 1 N–H and O–H groups in total. The van der Waals surface area contributed by atoms with Gasteiger partial charge in [-0.25, -0.2) is 14.4 Å². The second-order valence-electron chi connectivity index (χ2n) is 5.27. The van der Waals surface area contributed by atoms with Crippen LogP contribution in [0, 0.1) is 5.82 Å². The van der Waals surface area contributed by atoms with E-state index in [-0.39, 0.29) is 17.4 Å². The summed E-state index contributed by atoms with van der Waals surface area (Å²) in [5.41, 5.74) is 0.762. The van der Waals surface area contributed by atoms with Gasteiger partial charge in [0.05, 0.1) is 12.4 Å². The molecule has 1 fully saturated rings. The Morgan fingerprint density at radius 2 is 1.77 bits per heavy atom. The van der Waals surface area contributed by atoms with Gasteiger partial charge >= 0.3 is 0 Å². The van der Waals surface area contributed by atoms with E-state index < -0.39 is 0 Å². The van der Waals surface area contributed by atoms with Gasteiger partial charge in [-0.1, -0.05) is 0 Å². The van der Waals surface area contributed by atoms with Crippen LogP contribution in [-0.4, -0.2) is 29.0 Å².